The van der Waals surface area contributed by atoms with E-state index in [4.69, 9.17) is 16.3 Å². The van der Waals surface area contributed by atoms with Crippen molar-refractivity contribution in [3.8, 4) is 5.75 Å². The zero-order chi connectivity index (χ0) is 17.2. The predicted octanol–water partition coefficient (Wildman–Crippen LogP) is 4.51. The summed E-state index contributed by atoms with van der Waals surface area (Å²) in [5.74, 6) is 1.49. The number of ether oxygens (including phenoxy) is 1. The number of hydrogen-bond acceptors (Lipinski definition) is 5. The lowest BCUT2D eigenvalue weighted by atomic mass is 10.3. The number of benzene rings is 1. The van der Waals surface area contributed by atoms with Gasteiger partial charge in [0, 0.05) is 31.1 Å². The van der Waals surface area contributed by atoms with E-state index in [2.05, 4.69) is 19.9 Å². The molecule has 1 aliphatic heterocycles. The van der Waals surface area contributed by atoms with E-state index in [0.29, 0.717) is 5.75 Å². The molecule has 130 valence electrons. The smallest absolute Gasteiger partial charge is 0.166 e. The summed E-state index contributed by atoms with van der Waals surface area (Å²) in [6, 6.07) is 7.82. The van der Waals surface area contributed by atoms with Crippen molar-refractivity contribution in [2.75, 3.05) is 25.1 Å². The van der Waals surface area contributed by atoms with Gasteiger partial charge in [-0.1, -0.05) is 23.4 Å². The van der Waals surface area contributed by atoms with E-state index >= 15 is 0 Å². The first kappa shape index (κ1) is 16.5. The maximum absolute atomic E-state index is 6.61. The van der Waals surface area contributed by atoms with Gasteiger partial charge in [-0.3, -0.25) is 4.98 Å². The van der Waals surface area contributed by atoms with Crippen molar-refractivity contribution in [3.63, 3.8) is 0 Å². The number of pyridine rings is 1. The summed E-state index contributed by atoms with van der Waals surface area (Å²) in [7, 11) is 1.66. The molecule has 4 rings (SSSR count). The third kappa shape index (κ3) is 3.41. The Morgan fingerprint density at radius 3 is 2.92 bits per heavy atom. The quantitative estimate of drug-likeness (QED) is 0.666. The summed E-state index contributed by atoms with van der Waals surface area (Å²) in [5, 5.41) is 1.61. The second kappa shape index (κ2) is 7.14. The van der Waals surface area contributed by atoms with Gasteiger partial charge in [0.05, 0.1) is 34.5 Å². The Bertz CT molecular complexity index is 892. The molecule has 0 radical (unpaired) electrons. The van der Waals surface area contributed by atoms with Crippen molar-refractivity contribution >= 4 is 40.1 Å². The predicted molar refractivity (Wildman–Crippen MR) is 103 cm³/mol. The fourth-order valence-corrected chi connectivity index (χ4v) is 4.29. The lowest BCUT2D eigenvalue weighted by Crippen LogP contribution is -2.18. The average Bonchev–Trinajstić information content (AvgIpc) is 3.29. The van der Waals surface area contributed by atoms with Crippen molar-refractivity contribution in [2.45, 2.75) is 23.8 Å². The third-order valence-corrected chi connectivity index (χ3v) is 5.70. The van der Waals surface area contributed by atoms with E-state index < -0.39 is 0 Å². The van der Waals surface area contributed by atoms with Crippen molar-refractivity contribution in [2.24, 2.45) is 0 Å². The number of nitrogens with one attached hydrogen (secondary N) is 1. The van der Waals surface area contributed by atoms with Gasteiger partial charge in [-0.15, -0.1) is 0 Å². The van der Waals surface area contributed by atoms with Crippen LogP contribution in [0.2, 0.25) is 5.02 Å². The number of nitrogens with zero attached hydrogens (tertiary/aromatic N) is 3. The van der Waals surface area contributed by atoms with Gasteiger partial charge in [-0.25, -0.2) is 4.98 Å². The maximum atomic E-state index is 6.61. The standard InChI is InChI=1S/C18H19ClN4OS/c1-24-12-4-5-13-14(10-12)22-18(21-13)25-11-15-17(19)16(6-7-20-15)23-8-2-3-9-23/h4-7,10H,2-3,8-9,11H2,1H3,(H,21,22). The molecule has 2 aromatic heterocycles. The molecule has 5 nitrogen and oxygen atoms in total. The van der Waals surface area contributed by atoms with E-state index in [1.54, 1.807) is 18.9 Å². The van der Waals surface area contributed by atoms with Crippen molar-refractivity contribution in [1.82, 2.24) is 15.0 Å². The molecule has 0 bridgehead atoms. The number of fused-ring (bicyclic) bond motifs is 1. The molecule has 7 heteroatoms. The van der Waals surface area contributed by atoms with Crippen LogP contribution in [0.3, 0.4) is 0 Å². The molecule has 1 aromatic carbocycles. The van der Waals surface area contributed by atoms with Gasteiger partial charge >= 0.3 is 0 Å². The Hall–Kier alpha value is -1.92. The molecule has 1 aliphatic rings. The minimum atomic E-state index is 0.678. The molecular weight excluding hydrogens is 356 g/mol. The minimum absolute atomic E-state index is 0.678. The Kier molecular flexibility index (Phi) is 4.72. The first-order valence-corrected chi connectivity index (χ1v) is 9.66. The molecule has 1 saturated heterocycles. The zero-order valence-corrected chi connectivity index (χ0v) is 15.5. The van der Waals surface area contributed by atoms with E-state index in [1.807, 2.05) is 30.5 Å². The first-order chi connectivity index (χ1) is 12.2. The molecule has 0 aliphatic carbocycles. The molecule has 1 N–H and O–H groups in total. The number of aromatic nitrogens is 3. The average molecular weight is 375 g/mol. The van der Waals surface area contributed by atoms with Crippen LogP contribution in [-0.4, -0.2) is 35.2 Å². The minimum Gasteiger partial charge on any atom is -0.497 e. The van der Waals surface area contributed by atoms with Gasteiger partial charge in [0.15, 0.2) is 5.16 Å². The van der Waals surface area contributed by atoms with Crippen LogP contribution in [-0.2, 0) is 5.75 Å². The number of anilines is 1. The number of thioether (sulfide) groups is 1. The zero-order valence-electron chi connectivity index (χ0n) is 14.0. The van der Waals surface area contributed by atoms with Gasteiger partial charge in [0.25, 0.3) is 0 Å². The highest BCUT2D eigenvalue weighted by Gasteiger charge is 2.18. The van der Waals surface area contributed by atoms with Crippen LogP contribution in [0, 0.1) is 0 Å². The highest BCUT2D eigenvalue weighted by atomic mass is 35.5. The third-order valence-electron chi connectivity index (χ3n) is 4.40. The van der Waals surface area contributed by atoms with E-state index in [1.165, 1.54) is 12.8 Å². The molecule has 0 atom stereocenters. The van der Waals surface area contributed by atoms with Crippen LogP contribution in [0.1, 0.15) is 18.5 Å². The molecular formula is C18H19ClN4OS. The van der Waals surface area contributed by atoms with Crippen LogP contribution in [0.15, 0.2) is 35.6 Å². The van der Waals surface area contributed by atoms with Gasteiger partial charge < -0.3 is 14.6 Å². The number of hydrogen-bond donors (Lipinski definition) is 1. The van der Waals surface area contributed by atoms with Crippen molar-refractivity contribution < 1.29 is 4.74 Å². The van der Waals surface area contributed by atoms with E-state index in [0.717, 1.165) is 51.4 Å². The number of aromatic amines is 1. The largest absolute Gasteiger partial charge is 0.497 e. The van der Waals surface area contributed by atoms with Crippen LogP contribution in [0.25, 0.3) is 11.0 Å². The molecule has 0 spiro atoms. The fourth-order valence-electron chi connectivity index (χ4n) is 3.08. The van der Waals surface area contributed by atoms with Crippen LogP contribution in [0.5, 0.6) is 5.75 Å². The highest BCUT2D eigenvalue weighted by Crippen LogP contribution is 2.33. The summed E-state index contributed by atoms with van der Waals surface area (Å²) in [6.07, 6.45) is 4.30. The highest BCUT2D eigenvalue weighted by molar-refractivity contribution is 7.98. The lowest BCUT2D eigenvalue weighted by Gasteiger charge is -2.19. The summed E-state index contributed by atoms with van der Waals surface area (Å²) < 4.78 is 5.25. The van der Waals surface area contributed by atoms with Crippen LogP contribution < -0.4 is 9.64 Å². The Morgan fingerprint density at radius 1 is 1.28 bits per heavy atom. The van der Waals surface area contributed by atoms with Crippen molar-refractivity contribution in [3.05, 3.63) is 41.2 Å². The fraction of sp³-hybridized carbons (Fsp3) is 0.333. The number of rotatable bonds is 5. The summed E-state index contributed by atoms with van der Waals surface area (Å²) in [6.45, 7) is 2.14. The van der Waals surface area contributed by atoms with Gasteiger partial charge in [-0.2, -0.15) is 0 Å². The first-order valence-electron chi connectivity index (χ1n) is 8.29. The summed E-state index contributed by atoms with van der Waals surface area (Å²) in [4.78, 5) is 14.7. The molecule has 0 unspecified atom stereocenters. The SMILES string of the molecule is COc1ccc2nc(SCc3nccc(N4CCCC4)c3Cl)[nH]c2c1. The lowest BCUT2D eigenvalue weighted by molar-refractivity contribution is 0.415. The molecule has 1 fully saturated rings. The number of imidazole rings is 1. The van der Waals surface area contributed by atoms with Crippen LogP contribution in [0.4, 0.5) is 5.69 Å². The molecule has 0 saturated carbocycles. The van der Waals surface area contributed by atoms with Gasteiger partial charge in [0.1, 0.15) is 5.75 Å². The Labute approximate surface area is 155 Å². The molecule has 3 aromatic rings. The maximum Gasteiger partial charge on any atom is 0.166 e. The molecule has 25 heavy (non-hydrogen) atoms. The van der Waals surface area contributed by atoms with Crippen molar-refractivity contribution in [1.29, 1.82) is 0 Å². The summed E-state index contributed by atoms with van der Waals surface area (Å²) >= 11 is 8.21. The normalized spacial score (nSPS) is 14.4. The van der Waals surface area contributed by atoms with Gasteiger partial charge in [0.2, 0.25) is 0 Å². The second-order valence-corrected chi connectivity index (χ2v) is 7.34. The Balaban J connectivity index is 1.52. The number of methoxy groups -OCH3 is 1. The topological polar surface area (TPSA) is 54.0 Å². The second-order valence-electron chi connectivity index (χ2n) is 6.00. The number of H-pyrrole nitrogens is 1. The molecule has 3 heterocycles. The monoisotopic (exact) mass is 374 g/mol. The summed E-state index contributed by atoms with van der Waals surface area (Å²) in [5.41, 5.74) is 3.88. The van der Waals surface area contributed by atoms with Crippen LogP contribution >= 0.6 is 23.4 Å². The Morgan fingerprint density at radius 2 is 2.12 bits per heavy atom. The number of halogens is 1. The van der Waals surface area contributed by atoms with Gasteiger partial charge in [-0.05, 0) is 31.0 Å². The van der Waals surface area contributed by atoms with E-state index in [-0.39, 0.29) is 0 Å². The van der Waals surface area contributed by atoms with E-state index in [9.17, 15) is 0 Å². The molecule has 0 amide bonds.